The normalized spacial score (nSPS) is 12.0. The van der Waals surface area contributed by atoms with E-state index in [1.807, 2.05) is 36.4 Å². The smallest absolute Gasteiger partial charge is 0.288 e. The van der Waals surface area contributed by atoms with Crippen LogP contribution >= 0.6 is 11.3 Å². The number of carbonyl (C=O) groups excluding carboxylic acids is 1. The Morgan fingerprint density at radius 2 is 1.81 bits per heavy atom. The van der Waals surface area contributed by atoms with Gasteiger partial charge in [-0.2, -0.15) is 13.2 Å². The Morgan fingerprint density at radius 1 is 1.10 bits per heavy atom. The van der Waals surface area contributed by atoms with Crippen LogP contribution in [0.3, 0.4) is 0 Å². The van der Waals surface area contributed by atoms with Gasteiger partial charge in [0.25, 0.3) is 0 Å². The lowest BCUT2D eigenvalue weighted by Gasteiger charge is -1.99. The number of ketones is 1. The molecule has 0 aliphatic rings. The van der Waals surface area contributed by atoms with Crippen molar-refractivity contribution in [2.45, 2.75) is 19.0 Å². The Balaban J connectivity index is 1.98. The van der Waals surface area contributed by atoms with E-state index in [9.17, 15) is 18.0 Å². The minimum Gasteiger partial charge on any atom is -0.288 e. The van der Waals surface area contributed by atoms with Crippen LogP contribution in [0.4, 0.5) is 13.2 Å². The maximum absolute atomic E-state index is 12.0. The second-order valence-corrected chi connectivity index (χ2v) is 5.68. The van der Waals surface area contributed by atoms with Gasteiger partial charge in [0.05, 0.1) is 11.3 Å². The van der Waals surface area contributed by atoms with Crippen molar-refractivity contribution in [3.63, 3.8) is 0 Å². The van der Waals surface area contributed by atoms with Gasteiger partial charge in [-0.3, -0.25) is 4.79 Å². The summed E-state index contributed by atoms with van der Waals surface area (Å²) in [7, 11) is 0. The summed E-state index contributed by atoms with van der Waals surface area (Å²) < 4.78 is 36.0. The molecule has 0 aliphatic carbocycles. The molecule has 1 nitrogen and oxygen atoms in total. The standard InChI is InChI=1S/C16H13F3OS/c17-16(18,19)10-4-7-14(20)15-9-8-13(21-15)11-12-5-2-1-3-6-12/h1-9H,10-11H2/b7-4+. The SMILES string of the molecule is O=C(/C=C/CC(F)(F)F)c1ccc(Cc2ccccc2)s1. The zero-order chi connectivity index (χ0) is 15.3. The highest BCUT2D eigenvalue weighted by Crippen LogP contribution is 2.22. The molecule has 0 saturated carbocycles. The number of benzene rings is 1. The van der Waals surface area contributed by atoms with E-state index in [2.05, 4.69) is 0 Å². The molecule has 2 aromatic rings. The van der Waals surface area contributed by atoms with Gasteiger partial charge in [-0.05, 0) is 23.8 Å². The Morgan fingerprint density at radius 3 is 2.48 bits per heavy atom. The molecule has 0 aliphatic heterocycles. The molecule has 0 spiro atoms. The summed E-state index contributed by atoms with van der Waals surface area (Å²) in [5.41, 5.74) is 1.13. The monoisotopic (exact) mass is 310 g/mol. The second-order valence-electron chi connectivity index (χ2n) is 4.51. The Kier molecular flexibility index (Phi) is 4.96. The van der Waals surface area contributed by atoms with Crippen molar-refractivity contribution in [1.82, 2.24) is 0 Å². The van der Waals surface area contributed by atoms with Crippen molar-refractivity contribution in [2.75, 3.05) is 0 Å². The molecule has 0 N–H and O–H groups in total. The molecule has 0 bridgehead atoms. The molecule has 110 valence electrons. The topological polar surface area (TPSA) is 17.1 Å². The minimum atomic E-state index is -4.27. The van der Waals surface area contributed by atoms with E-state index in [1.165, 1.54) is 11.3 Å². The molecule has 0 amide bonds. The molecule has 5 heteroatoms. The number of thiophene rings is 1. The molecule has 0 radical (unpaired) electrons. The molecule has 0 fully saturated rings. The summed E-state index contributed by atoms with van der Waals surface area (Å²) in [6.07, 6.45) is -2.79. The largest absolute Gasteiger partial charge is 0.392 e. The van der Waals surface area contributed by atoms with E-state index in [0.717, 1.165) is 22.6 Å². The highest BCUT2D eigenvalue weighted by Gasteiger charge is 2.24. The molecule has 0 atom stereocenters. The van der Waals surface area contributed by atoms with Gasteiger partial charge in [-0.15, -0.1) is 11.3 Å². The fraction of sp³-hybridized carbons (Fsp3) is 0.188. The molecule has 21 heavy (non-hydrogen) atoms. The summed E-state index contributed by atoms with van der Waals surface area (Å²) in [4.78, 5) is 13.2. The molecule has 1 aromatic carbocycles. The van der Waals surface area contributed by atoms with Crippen LogP contribution in [0.1, 0.15) is 26.5 Å². The lowest BCUT2D eigenvalue weighted by atomic mass is 10.1. The predicted molar refractivity (Wildman–Crippen MR) is 77.7 cm³/mol. The van der Waals surface area contributed by atoms with Crippen molar-refractivity contribution in [2.24, 2.45) is 0 Å². The first kappa shape index (κ1) is 15.5. The second kappa shape index (κ2) is 6.72. The predicted octanol–water partition coefficient (Wildman–Crippen LogP) is 5.03. The lowest BCUT2D eigenvalue weighted by Crippen LogP contribution is -2.04. The van der Waals surface area contributed by atoms with Gasteiger partial charge in [-0.25, -0.2) is 0 Å². The van der Waals surface area contributed by atoms with Gasteiger partial charge in [0.1, 0.15) is 0 Å². The average molecular weight is 310 g/mol. The molecular formula is C16H13F3OS. The van der Waals surface area contributed by atoms with Gasteiger partial charge in [-0.1, -0.05) is 36.4 Å². The maximum atomic E-state index is 12.0. The van der Waals surface area contributed by atoms with Crippen LogP contribution in [-0.2, 0) is 6.42 Å². The number of hydrogen-bond acceptors (Lipinski definition) is 2. The van der Waals surface area contributed by atoms with Crippen molar-refractivity contribution >= 4 is 17.1 Å². The third-order valence-electron chi connectivity index (χ3n) is 2.74. The van der Waals surface area contributed by atoms with E-state index >= 15 is 0 Å². The summed E-state index contributed by atoms with van der Waals surface area (Å²) in [6, 6.07) is 13.3. The van der Waals surface area contributed by atoms with Crippen molar-refractivity contribution in [3.8, 4) is 0 Å². The molecule has 2 rings (SSSR count). The van der Waals surface area contributed by atoms with Gasteiger partial charge in [0.2, 0.25) is 0 Å². The third-order valence-corrected chi connectivity index (χ3v) is 3.84. The molecule has 1 heterocycles. The number of alkyl halides is 3. The van der Waals surface area contributed by atoms with E-state index in [-0.39, 0.29) is 5.78 Å². The number of allylic oxidation sites excluding steroid dienone is 2. The Labute approximate surface area is 124 Å². The highest BCUT2D eigenvalue weighted by molar-refractivity contribution is 7.14. The zero-order valence-corrected chi connectivity index (χ0v) is 11.9. The van der Waals surface area contributed by atoms with Gasteiger partial charge >= 0.3 is 6.18 Å². The van der Waals surface area contributed by atoms with Gasteiger partial charge in [0, 0.05) is 11.3 Å². The van der Waals surface area contributed by atoms with Crippen molar-refractivity contribution in [1.29, 1.82) is 0 Å². The molecular weight excluding hydrogens is 297 g/mol. The summed E-state index contributed by atoms with van der Waals surface area (Å²) in [5.74, 6) is -0.386. The van der Waals surface area contributed by atoms with Crippen molar-refractivity contribution < 1.29 is 18.0 Å². The molecule has 1 aromatic heterocycles. The van der Waals surface area contributed by atoms with Crippen LogP contribution in [0.25, 0.3) is 0 Å². The maximum Gasteiger partial charge on any atom is 0.392 e. The van der Waals surface area contributed by atoms with E-state index in [0.29, 0.717) is 11.3 Å². The first-order valence-electron chi connectivity index (χ1n) is 6.34. The van der Waals surface area contributed by atoms with Crippen LogP contribution in [0, 0.1) is 0 Å². The first-order valence-corrected chi connectivity index (χ1v) is 7.16. The highest BCUT2D eigenvalue weighted by atomic mass is 32.1. The fourth-order valence-electron chi connectivity index (χ4n) is 1.78. The van der Waals surface area contributed by atoms with Gasteiger partial charge < -0.3 is 0 Å². The Bertz CT molecular complexity index is 626. The van der Waals surface area contributed by atoms with E-state index in [1.54, 1.807) is 6.07 Å². The van der Waals surface area contributed by atoms with Crippen molar-refractivity contribution in [3.05, 3.63) is 69.9 Å². The third kappa shape index (κ3) is 5.19. The average Bonchev–Trinajstić information content (AvgIpc) is 2.87. The molecule has 0 saturated heterocycles. The van der Waals surface area contributed by atoms with E-state index < -0.39 is 12.6 Å². The summed E-state index contributed by atoms with van der Waals surface area (Å²) in [5, 5.41) is 0. The number of carbonyl (C=O) groups is 1. The fourth-order valence-corrected chi connectivity index (χ4v) is 2.75. The van der Waals surface area contributed by atoms with Crippen LogP contribution in [0.15, 0.2) is 54.6 Å². The first-order chi connectivity index (χ1) is 9.94. The van der Waals surface area contributed by atoms with Crippen LogP contribution in [0.5, 0.6) is 0 Å². The van der Waals surface area contributed by atoms with Crippen LogP contribution in [-0.4, -0.2) is 12.0 Å². The van der Waals surface area contributed by atoms with Gasteiger partial charge in [0.15, 0.2) is 5.78 Å². The minimum absolute atomic E-state index is 0.386. The van der Waals surface area contributed by atoms with Crippen LogP contribution < -0.4 is 0 Å². The number of hydrogen-bond donors (Lipinski definition) is 0. The number of halogens is 3. The Hall–Kier alpha value is -1.88. The summed E-state index contributed by atoms with van der Waals surface area (Å²) >= 11 is 1.31. The van der Waals surface area contributed by atoms with E-state index in [4.69, 9.17) is 0 Å². The summed E-state index contributed by atoms with van der Waals surface area (Å²) in [6.45, 7) is 0. The molecule has 0 unspecified atom stereocenters. The zero-order valence-electron chi connectivity index (χ0n) is 11.1. The lowest BCUT2D eigenvalue weighted by molar-refractivity contribution is -0.125. The van der Waals surface area contributed by atoms with Crippen LogP contribution in [0.2, 0.25) is 0 Å². The quantitative estimate of drug-likeness (QED) is 0.559. The number of rotatable bonds is 5.